The third-order valence-electron chi connectivity index (χ3n) is 4.74. The summed E-state index contributed by atoms with van der Waals surface area (Å²) in [4.78, 5) is 12.2. The maximum absolute atomic E-state index is 12.2. The van der Waals surface area contributed by atoms with Gasteiger partial charge < -0.3 is 11.1 Å². The molecule has 0 saturated heterocycles. The van der Waals surface area contributed by atoms with Gasteiger partial charge in [0.1, 0.15) is 0 Å². The van der Waals surface area contributed by atoms with Crippen LogP contribution in [0, 0.1) is 5.92 Å². The van der Waals surface area contributed by atoms with Crippen LogP contribution >= 0.6 is 0 Å². The third kappa shape index (κ3) is 8.45. The number of unbranched alkanes of at least 4 members (excludes halogenated alkanes) is 7. The SMILES string of the molecule is CCCCCCCCCCNC(=O)C1CCCCCC1N. The van der Waals surface area contributed by atoms with Crippen LogP contribution in [0.5, 0.6) is 0 Å². The van der Waals surface area contributed by atoms with Gasteiger partial charge in [-0.15, -0.1) is 0 Å². The lowest BCUT2D eigenvalue weighted by atomic mass is 9.94. The third-order valence-corrected chi connectivity index (χ3v) is 4.74. The quantitative estimate of drug-likeness (QED) is 0.470. The molecule has 1 fully saturated rings. The minimum absolute atomic E-state index is 0.0570. The minimum Gasteiger partial charge on any atom is -0.356 e. The lowest BCUT2D eigenvalue weighted by Crippen LogP contribution is -2.41. The molecule has 0 aromatic heterocycles. The van der Waals surface area contributed by atoms with Crippen LogP contribution in [0.2, 0.25) is 0 Å². The summed E-state index contributed by atoms with van der Waals surface area (Å²) in [7, 11) is 0. The van der Waals surface area contributed by atoms with E-state index >= 15 is 0 Å². The van der Waals surface area contributed by atoms with Gasteiger partial charge in [-0.1, -0.05) is 71.1 Å². The number of amides is 1. The van der Waals surface area contributed by atoms with Crippen LogP contribution < -0.4 is 11.1 Å². The van der Waals surface area contributed by atoms with Gasteiger partial charge >= 0.3 is 0 Å². The molecular weight excluding hydrogens is 260 g/mol. The fraction of sp³-hybridized carbons (Fsp3) is 0.944. The molecule has 21 heavy (non-hydrogen) atoms. The van der Waals surface area contributed by atoms with Crippen molar-refractivity contribution >= 4 is 5.91 Å². The Hall–Kier alpha value is -0.570. The molecular formula is C18H36N2O. The summed E-state index contributed by atoms with van der Waals surface area (Å²) in [6, 6.07) is 0.0751. The van der Waals surface area contributed by atoms with E-state index in [1.165, 1.54) is 57.8 Å². The van der Waals surface area contributed by atoms with Gasteiger partial charge in [0, 0.05) is 12.6 Å². The predicted molar refractivity (Wildman–Crippen MR) is 90.2 cm³/mol. The first kappa shape index (κ1) is 18.5. The van der Waals surface area contributed by atoms with Crippen LogP contribution in [0.1, 0.15) is 90.4 Å². The Morgan fingerprint density at radius 2 is 1.57 bits per heavy atom. The zero-order chi connectivity index (χ0) is 15.3. The molecule has 1 saturated carbocycles. The number of hydrogen-bond donors (Lipinski definition) is 2. The van der Waals surface area contributed by atoms with E-state index < -0.39 is 0 Å². The van der Waals surface area contributed by atoms with E-state index in [4.69, 9.17) is 5.73 Å². The normalized spacial score (nSPS) is 22.8. The van der Waals surface area contributed by atoms with Crippen molar-refractivity contribution in [2.24, 2.45) is 11.7 Å². The molecule has 0 aromatic rings. The summed E-state index contributed by atoms with van der Waals surface area (Å²) in [6.45, 7) is 3.08. The molecule has 3 heteroatoms. The maximum atomic E-state index is 12.2. The zero-order valence-corrected chi connectivity index (χ0v) is 14.0. The molecule has 0 aliphatic heterocycles. The van der Waals surface area contributed by atoms with Crippen molar-refractivity contribution in [2.45, 2.75) is 96.4 Å². The van der Waals surface area contributed by atoms with Gasteiger partial charge in [-0.3, -0.25) is 4.79 Å². The average Bonchev–Trinajstić information content (AvgIpc) is 2.70. The van der Waals surface area contributed by atoms with Crippen LogP contribution in [0.15, 0.2) is 0 Å². The van der Waals surface area contributed by atoms with Crippen molar-refractivity contribution in [3.8, 4) is 0 Å². The Kier molecular flexibility index (Phi) is 10.6. The molecule has 1 aliphatic rings. The first-order valence-electron chi connectivity index (χ1n) is 9.29. The molecule has 0 bridgehead atoms. The lowest BCUT2D eigenvalue weighted by molar-refractivity contribution is -0.125. The van der Waals surface area contributed by atoms with Gasteiger partial charge in [0.2, 0.25) is 5.91 Å². The number of nitrogens with two attached hydrogens (primary N) is 1. The second-order valence-corrected chi connectivity index (χ2v) is 6.67. The van der Waals surface area contributed by atoms with E-state index in [1.807, 2.05) is 0 Å². The van der Waals surface area contributed by atoms with Crippen LogP contribution in [0.25, 0.3) is 0 Å². The molecule has 0 aromatic carbocycles. The van der Waals surface area contributed by atoms with Crippen molar-refractivity contribution in [2.75, 3.05) is 6.54 Å². The number of nitrogens with one attached hydrogen (secondary N) is 1. The van der Waals surface area contributed by atoms with Crippen molar-refractivity contribution < 1.29 is 4.79 Å². The summed E-state index contributed by atoms with van der Waals surface area (Å²) in [5, 5.41) is 3.10. The zero-order valence-electron chi connectivity index (χ0n) is 14.0. The molecule has 3 N–H and O–H groups in total. The first-order valence-corrected chi connectivity index (χ1v) is 9.29. The van der Waals surface area contributed by atoms with Crippen LogP contribution in [0.4, 0.5) is 0 Å². The summed E-state index contributed by atoms with van der Waals surface area (Å²) >= 11 is 0. The van der Waals surface area contributed by atoms with E-state index in [1.54, 1.807) is 0 Å². The Bertz CT molecular complexity index is 268. The molecule has 1 aliphatic carbocycles. The number of hydrogen-bond acceptors (Lipinski definition) is 2. The van der Waals surface area contributed by atoms with Gasteiger partial charge in [-0.05, 0) is 19.3 Å². The van der Waals surface area contributed by atoms with Crippen molar-refractivity contribution in [1.82, 2.24) is 5.32 Å². The van der Waals surface area contributed by atoms with Crippen LogP contribution in [-0.4, -0.2) is 18.5 Å². The minimum atomic E-state index is 0.0570. The number of carbonyl (C=O) groups excluding carboxylic acids is 1. The maximum Gasteiger partial charge on any atom is 0.224 e. The molecule has 2 atom stereocenters. The average molecular weight is 296 g/mol. The fourth-order valence-corrected chi connectivity index (χ4v) is 3.26. The molecule has 124 valence electrons. The lowest BCUT2D eigenvalue weighted by Gasteiger charge is -2.20. The van der Waals surface area contributed by atoms with Gasteiger partial charge in [0.05, 0.1) is 5.92 Å². The number of carbonyl (C=O) groups is 1. The molecule has 1 rings (SSSR count). The predicted octanol–water partition coefficient (Wildman–Crippen LogP) is 4.15. The van der Waals surface area contributed by atoms with Crippen LogP contribution in [-0.2, 0) is 4.79 Å². The number of rotatable bonds is 10. The molecule has 1 amide bonds. The summed E-state index contributed by atoms with van der Waals surface area (Å²) in [5.74, 6) is 0.258. The highest BCUT2D eigenvalue weighted by Crippen LogP contribution is 2.22. The smallest absolute Gasteiger partial charge is 0.224 e. The monoisotopic (exact) mass is 296 g/mol. The van der Waals surface area contributed by atoms with Crippen molar-refractivity contribution in [3.05, 3.63) is 0 Å². The summed E-state index contributed by atoms with van der Waals surface area (Å²) < 4.78 is 0. The molecule has 0 radical (unpaired) electrons. The highest BCUT2D eigenvalue weighted by atomic mass is 16.1. The van der Waals surface area contributed by atoms with Gasteiger partial charge in [0.25, 0.3) is 0 Å². The first-order chi connectivity index (χ1) is 10.3. The van der Waals surface area contributed by atoms with Crippen molar-refractivity contribution in [1.29, 1.82) is 0 Å². The summed E-state index contributed by atoms with van der Waals surface area (Å²) in [6.07, 6.45) is 16.0. The molecule has 2 unspecified atom stereocenters. The Morgan fingerprint density at radius 3 is 2.29 bits per heavy atom. The summed E-state index contributed by atoms with van der Waals surface area (Å²) in [5.41, 5.74) is 6.13. The topological polar surface area (TPSA) is 55.1 Å². The highest BCUT2D eigenvalue weighted by molar-refractivity contribution is 5.79. The molecule has 3 nitrogen and oxygen atoms in total. The van der Waals surface area contributed by atoms with E-state index in [9.17, 15) is 4.79 Å². The second kappa shape index (κ2) is 12.0. The van der Waals surface area contributed by atoms with Gasteiger partial charge in [0.15, 0.2) is 0 Å². The molecule has 0 spiro atoms. The van der Waals surface area contributed by atoms with Crippen molar-refractivity contribution in [3.63, 3.8) is 0 Å². The van der Waals surface area contributed by atoms with Gasteiger partial charge in [-0.2, -0.15) is 0 Å². The van der Waals surface area contributed by atoms with E-state index in [0.717, 1.165) is 32.2 Å². The van der Waals surface area contributed by atoms with Gasteiger partial charge in [-0.25, -0.2) is 0 Å². The van der Waals surface area contributed by atoms with E-state index in [2.05, 4.69) is 12.2 Å². The fourth-order valence-electron chi connectivity index (χ4n) is 3.26. The second-order valence-electron chi connectivity index (χ2n) is 6.67. The standard InChI is InChI=1S/C18H36N2O/c1-2-3-4-5-6-7-8-12-15-20-18(21)16-13-10-9-11-14-17(16)19/h16-17H,2-15,19H2,1H3,(H,20,21). The van der Waals surface area contributed by atoms with E-state index in [0.29, 0.717) is 0 Å². The Labute approximate surface area is 131 Å². The van der Waals surface area contributed by atoms with E-state index in [-0.39, 0.29) is 17.9 Å². The highest BCUT2D eigenvalue weighted by Gasteiger charge is 2.26. The van der Waals surface area contributed by atoms with Crippen LogP contribution in [0.3, 0.4) is 0 Å². The molecule has 0 heterocycles. The largest absolute Gasteiger partial charge is 0.356 e. The Balaban J connectivity index is 2.00. The Morgan fingerprint density at radius 1 is 0.952 bits per heavy atom.